The molecule has 1 aromatic rings. The highest BCUT2D eigenvalue weighted by Gasteiger charge is 2.39. The molecule has 1 saturated heterocycles. The van der Waals surface area contributed by atoms with Gasteiger partial charge in [-0.1, -0.05) is 75.9 Å². The van der Waals surface area contributed by atoms with E-state index in [1.165, 1.54) is 21.6 Å². The van der Waals surface area contributed by atoms with Crippen LogP contribution >= 0.6 is 43.2 Å². The average molecular weight is 788 g/mol. The topological polar surface area (TPSA) is 171 Å². The minimum Gasteiger partial charge on any atom is -0.490 e. The van der Waals surface area contributed by atoms with Crippen LogP contribution in [-0.2, 0) is 28.5 Å². The summed E-state index contributed by atoms with van der Waals surface area (Å²) >= 11 is 0. The number of hydrogen-bond donors (Lipinski definition) is 4. The summed E-state index contributed by atoms with van der Waals surface area (Å²) in [6, 6.07) is 6.54. The molecule has 3 amide bonds. The van der Waals surface area contributed by atoms with Crippen LogP contribution in [0, 0.1) is 11.7 Å². The molecule has 5 atom stereocenters. The van der Waals surface area contributed by atoms with Crippen molar-refractivity contribution < 1.29 is 43.2 Å². The Balaban J connectivity index is 1.72. The number of nitrogens with zero attached hydrogens (tertiary/aromatic N) is 1. The molecule has 5 N–H and O–H groups in total. The number of rotatable bonds is 23. The molecule has 0 saturated carbocycles. The Hall–Kier alpha value is -1.79. The number of ether oxygens (including phenoxy) is 5. The third kappa shape index (κ3) is 18.7. The van der Waals surface area contributed by atoms with Crippen LogP contribution in [0.2, 0.25) is 0 Å². The molecule has 51 heavy (non-hydrogen) atoms. The van der Waals surface area contributed by atoms with Crippen molar-refractivity contribution in [3.8, 4) is 17.5 Å². The van der Waals surface area contributed by atoms with Crippen molar-refractivity contribution in [3.05, 3.63) is 29.8 Å². The number of benzene rings is 1. The Morgan fingerprint density at radius 1 is 1.22 bits per heavy atom. The summed E-state index contributed by atoms with van der Waals surface area (Å²) in [5, 5.41) is 15.2. The van der Waals surface area contributed by atoms with E-state index in [9.17, 15) is 19.5 Å². The summed E-state index contributed by atoms with van der Waals surface area (Å²) in [7, 11) is 9.35. The second kappa shape index (κ2) is 25.3. The van der Waals surface area contributed by atoms with Gasteiger partial charge in [0.15, 0.2) is 5.44 Å². The second-order valence-corrected chi connectivity index (χ2v) is 17.8. The molecule has 1 aliphatic rings. The number of carbonyl (C=O) groups excluding carboxylic acids is 3. The Labute approximate surface area is 319 Å². The third-order valence-corrected chi connectivity index (χ3v) is 12.1. The smallest absolute Gasteiger partial charge is 0.262 e. The van der Waals surface area contributed by atoms with Crippen LogP contribution in [-0.4, -0.2) is 141 Å². The lowest BCUT2D eigenvalue weighted by Crippen LogP contribution is -2.40. The quantitative estimate of drug-likeness (QED) is 0.0419. The van der Waals surface area contributed by atoms with Crippen LogP contribution in [0.25, 0.3) is 0 Å². The number of nitrogens with two attached hydrogens (primary N) is 1. The van der Waals surface area contributed by atoms with Crippen LogP contribution in [0.15, 0.2) is 24.3 Å². The van der Waals surface area contributed by atoms with Gasteiger partial charge in [0, 0.05) is 43.0 Å². The molecule has 1 heterocycles. The number of nitrogens with one attached hydrogen (secondary N) is 2. The molecule has 1 fully saturated rings. The predicted molar refractivity (Wildman–Crippen MR) is 209 cm³/mol. The standard InChI is InChI=1S/C33H52BN4O9S4/c1-7-38(5)31(42)32(50-48-6)47-25-19-27(46-26(25)20-39)34-12-9-14-36-28(40)21-43-16-17-44-29(49-51-33(2,3)4)22-45-24-11-8-10-23(18-24)30(41)37-15-13-35/h8,10-11,18,25-27,29,32,39H,7,13-17,19-22,35H2,1-6H3,(H,36,40)(H,37,41)/t25-,26?,27-,29?,32-/m1/s1. The van der Waals surface area contributed by atoms with E-state index in [0.717, 1.165) is 0 Å². The zero-order valence-corrected chi connectivity index (χ0v) is 33.5. The molecular formula is C33H52BN4O9S4. The molecule has 0 aliphatic carbocycles. The van der Waals surface area contributed by atoms with E-state index in [1.807, 2.05) is 13.2 Å². The Bertz CT molecular complexity index is 1270. The molecule has 1 aromatic carbocycles. The molecular weight excluding hydrogens is 735 g/mol. The highest BCUT2D eigenvalue weighted by molar-refractivity contribution is 8.77. The number of carbonyl (C=O) groups is 3. The average Bonchev–Trinajstić information content (AvgIpc) is 3.51. The molecule has 1 aliphatic heterocycles. The third-order valence-electron chi connectivity index (χ3n) is 6.77. The highest BCUT2D eigenvalue weighted by atomic mass is 33.1. The fraction of sp³-hybridized carbons (Fsp3) is 0.667. The molecule has 2 rings (SSSR count). The molecule has 0 spiro atoms. The first-order valence-corrected chi connectivity index (χ1v) is 21.4. The van der Waals surface area contributed by atoms with Crippen molar-refractivity contribution in [2.45, 2.75) is 67.9 Å². The highest BCUT2D eigenvalue weighted by Crippen LogP contribution is 2.38. The van der Waals surface area contributed by atoms with E-state index in [1.54, 1.807) is 65.1 Å². The molecule has 285 valence electrons. The number of aliphatic hydroxyl groups excluding tert-OH is 1. The minimum absolute atomic E-state index is 0.00513. The second-order valence-electron chi connectivity index (χ2n) is 12.0. The van der Waals surface area contributed by atoms with Crippen LogP contribution in [0.5, 0.6) is 5.75 Å². The van der Waals surface area contributed by atoms with Crippen molar-refractivity contribution in [3.63, 3.8) is 0 Å². The molecule has 13 nitrogen and oxygen atoms in total. The van der Waals surface area contributed by atoms with Gasteiger partial charge in [-0.25, -0.2) is 0 Å². The van der Waals surface area contributed by atoms with Gasteiger partial charge in [0.2, 0.25) is 5.91 Å². The predicted octanol–water partition coefficient (Wildman–Crippen LogP) is 2.38. The van der Waals surface area contributed by atoms with Crippen molar-refractivity contribution in [2.24, 2.45) is 5.73 Å². The summed E-state index contributed by atoms with van der Waals surface area (Å²) in [5.74, 6) is 5.63. The van der Waals surface area contributed by atoms with Crippen LogP contribution in [0.4, 0.5) is 0 Å². The van der Waals surface area contributed by atoms with E-state index < -0.39 is 17.6 Å². The molecule has 0 bridgehead atoms. The Morgan fingerprint density at radius 2 is 2.00 bits per heavy atom. The van der Waals surface area contributed by atoms with Gasteiger partial charge in [-0.2, -0.15) is 5.82 Å². The first kappa shape index (κ1) is 45.4. The molecule has 1 radical (unpaired) electrons. The monoisotopic (exact) mass is 787 g/mol. The van der Waals surface area contributed by atoms with Gasteiger partial charge in [0.25, 0.3) is 19.1 Å². The number of hydrogen-bond acceptors (Lipinski definition) is 14. The number of likely N-dealkylation sites (N-methyl/N-ethyl adjacent to an activating group) is 1. The Morgan fingerprint density at radius 3 is 2.69 bits per heavy atom. The van der Waals surface area contributed by atoms with Crippen molar-refractivity contribution >= 4 is 68.2 Å². The first-order chi connectivity index (χ1) is 24.4. The largest absolute Gasteiger partial charge is 0.490 e. The molecule has 0 aromatic heterocycles. The lowest BCUT2D eigenvalue weighted by molar-refractivity contribution is -0.141. The van der Waals surface area contributed by atoms with E-state index in [0.29, 0.717) is 37.4 Å². The van der Waals surface area contributed by atoms with Crippen molar-refractivity contribution in [1.29, 1.82) is 0 Å². The zero-order chi connectivity index (χ0) is 37.6. The van der Waals surface area contributed by atoms with Gasteiger partial charge in [0.1, 0.15) is 30.5 Å². The van der Waals surface area contributed by atoms with Crippen LogP contribution in [0.1, 0.15) is 44.5 Å². The normalized spacial score (nSPS) is 18.2. The number of aliphatic hydroxyl groups is 1. The maximum absolute atomic E-state index is 12.7. The summed E-state index contributed by atoms with van der Waals surface area (Å²) < 4.78 is 29.4. The SMILES string of the molecule is CCN(C)C(=O)[C@H](O[C@@H]1C[C@H]([B]C#CCNC(=O)COCCOC(COc2cccc(C(=O)NCCN)c2)SSC(C)(C)C)OC1CO)SSC. The van der Waals surface area contributed by atoms with Gasteiger partial charge in [-0.3, -0.25) is 14.4 Å². The summed E-state index contributed by atoms with van der Waals surface area (Å²) in [6.07, 6.45) is 1.28. The van der Waals surface area contributed by atoms with E-state index >= 15 is 0 Å². The molecule has 2 unspecified atom stereocenters. The summed E-state index contributed by atoms with van der Waals surface area (Å²) in [5.41, 5.74) is 4.92. The van der Waals surface area contributed by atoms with Gasteiger partial charge >= 0.3 is 0 Å². The lowest BCUT2D eigenvalue weighted by atomic mass is 9.71. The van der Waals surface area contributed by atoms with Gasteiger partial charge in [-0.05, 0) is 37.8 Å². The lowest BCUT2D eigenvalue weighted by Gasteiger charge is -2.26. The first-order valence-electron chi connectivity index (χ1n) is 16.6. The van der Waals surface area contributed by atoms with E-state index in [2.05, 4.69) is 43.1 Å². The Kier molecular flexibility index (Phi) is 22.5. The van der Waals surface area contributed by atoms with Gasteiger partial charge in [0.05, 0.1) is 32.5 Å². The van der Waals surface area contributed by atoms with Crippen molar-refractivity contribution in [2.75, 3.05) is 72.5 Å². The van der Waals surface area contributed by atoms with Gasteiger partial charge < -0.3 is 50.1 Å². The van der Waals surface area contributed by atoms with E-state index in [-0.39, 0.29) is 73.5 Å². The molecule has 18 heteroatoms. The van der Waals surface area contributed by atoms with Gasteiger partial charge in [-0.15, -0.1) is 0 Å². The minimum atomic E-state index is -0.708. The number of amides is 3. The zero-order valence-electron chi connectivity index (χ0n) is 30.2. The van der Waals surface area contributed by atoms with Crippen LogP contribution in [0.3, 0.4) is 0 Å². The van der Waals surface area contributed by atoms with Crippen LogP contribution < -0.4 is 21.1 Å². The fourth-order valence-electron chi connectivity index (χ4n) is 4.14. The maximum atomic E-state index is 12.7. The summed E-state index contributed by atoms with van der Waals surface area (Å²) in [4.78, 5) is 38.8. The van der Waals surface area contributed by atoms with E-state index in [4.69, 9.17) is 29.4 Å². The fourth-order valence-corrected chi connectivity index (χ4v) is 7.87. The maximum Gasteiger partial charge on any atom is 0.262 e. The van der Waals surface area contributed by atoms with Crippen molar-refractivity contribution in [1.82, 2.24) is 15.5 Å². The summed E-state index contributed by atoms with van der Waals surface area (Å²) in [6.45, 7) is 9.93.